The van der Waals surface area contributed by atoms with Gasteiger partial charge in [0.1, 0.15) is 5.75 Å². The Balaban J connectivity index is 1.21. The Morgan fingerprint density at radius 2 is 1.70 bits per heavy atom. The second-order valence-corrected chi connectivity index (χ2v) is 11.1. The number of hydrogen-bond donors (Lipinski definition) is 2. The molecule has 3 aromatic carbocycles. The van der Waals surface area contributed by atoms with Crippen LogP contribution in [0, 0.1) is 11.3 Å². The summed E-state index contributed by atoms with van der Waals surface area (Å²) in [6.45, 7) is -2.66. The van der Waals surface area contributed by atoms with E-state index in [4.69, 9.17) is 9.84 Å². The maximum absolute atomic E-state index is 13.4. The van der Waals surface area contributed by atoms with Crippen molar-refractivity contribution in [2.45, 2.75) is 51.3 Å². The number of fused-ring (bicyclic) bond motifs is 1. The van der Waals surface area contributed by atoms with E-state index in [0.29, 0.717) is 23.0 Å². The Bertz CT molecular complexity index is 1540. The van der Waals surface area contributed by atoms with Gasteiger partial charge in [-0.1, -0.05) is 54.6 Å². The lowest BCUT2D eigenvalue weighted by atomic mass is 9.49. The number of carboxylic acids is 1. The van der Waals surface area contributed by atoms with Crippen molar-refractivity contribution >= 4 is 22.8 Å². The molecule has 9 heteroatoms. The van der Waals surface area contributed by atoms with Gasteiger partial charge in [0.25, 0.3) is 5.91 Å². The van der Waals surface area contributed by atoms with Gasteiger partial charge in [0.15, 0.2) is 0 Å². The van der Waals surface area contributed by atoms with Crippen LogP contribution in [0.1, 0.15) is 48.0 Å². The molecule has 1 amide bonds. The van der Waals surface area contributed by atoms with E-state index in [-0.39, 0.29) is 35.5 Å². The Morgan fingerprint density at radius 1 is 1.00 bits per heavy atom. The number of ether oxygens (including phenoxy) is 1. The van der Waals surface area contributed by atoms with Gasteiger partial charge in [0.05, 0.1) is 29.2 Å². The molecule has 0 unspecified atom stereocenters. The summed E-state index contributed by atoms with van der Waals surface area (Å²) in [4.78, 5) is 24.4. The molecule has 1 aromatic heterocycles. The summed E-state index contributed by atoms with van der Waals surface area (Å²) in [7, 11) is 0. The number of halogens is 2. The molecule has 40 heavy (non-hydrogen) atoms. The van der Waals surface area contributed by atoms with Crippen LogP contribution in [-0.2, 0) is 11.3 Å². The second kappa shape index (κ2) is 10.4. The lowest BCUT2D eigenvalue weighted by Gasteiger charge is -2.57. The van der Waals surface area contributed by atoms with Crippen molar-refractivity contribution in [1.82, 2.24) is 15.1 Å². The van der Waals surface area contributed by atoms with Crippen molar-refractivity contribution in [3.63, 3.8) is 0 Å². The van der Waals surface area contributed by atoms with E-state index in [1.165, 1.54) is 18.3 Å². The van der Waals surface area contributed by atoms with Crippen LogP contribution in [0.25, 0.3) is 22.0 Å². The van der Waals surface area contributed by atoms with Crippen LogP contribution < -0.4 is 10.1 Å². The third-order valence-electron chi connectivity index (χ3n) is 8.22. The normalized spacial score (nSPS) is 21.7. The van der Waals surface area contributed by atoms with Gasteiger partial charge in [-0.25, -0.2) is 0 Å². The number of rotatable bonds is 9. The van der Waals surface area contributed by atoms with Gasteiger partial charge in [-0.05, 0) is 65.8 Å². The first-order valence-electron chi connectivity index (χ1n) is 13.4. The summed E-state index contributed by atoms with van der Waals surface area (Å²) in [6, 6.07) is 20.9. The number of nitrogens with zero attached hydrogens (tertiary/aromatic N) is 2. The number of aromatic nitrogens is 2. The quantitative estimate of drug-likeness (QED) is 0.265. The van der Waals surface area contributed by atoms with Crippen molar-refractivity contribution in [3.05, 3.63) is 84.1 Å². The molecule has 2 aliphatic carbocycles. The van der Waals surface area contributed by atoms with Gasteiger partial charge in [-0.3, -0.25) is 14.3 Å². The van der Waals surface area contributed by atoms with Gasteiger partial charge in [0, 0.05) is 12.5 Å². The molecule has 2 N–H and O–H groups in total. The Kier molecular flexibility index (Phi) is 6.73. The third kappa shape index (κ3) is 5.15. The molecule has 0 saturated heterocycles. The highest BCUT2D eigenvalue weighted by molar-refractivity contribution is 6.07. The van der Waals surface area contributed by atoms with Gasteiger partial charge < -0.3 is 15.2 Å². The fourth-order valence-corrected chi connectivity index (χ4v) is 6.53. The summed E-state index contributed by atoms with van der Waals surface area (Å²) < 4.78 is 32.6. The lowest BCUT2D eigenvalue weighted by Crippen LogP contribution is -2.56. The van der Waals surface area contributed by atoms with E-state index in [1.54, 1.807) is 4.68 Å². The second-order valence-electron chi connectivity index (χ2n) is 11.1. The lowest BCUT2D eigenvalue weighted by molar-refractivity contribution is -0.142. The summed E-state index contributed by atoms with van der Waals surface area (Å²) in [5.74, 6) is -0.881. The number of carboxylic acid groups (broad SMARTS) is 1. The highest BCUT2D eigenvalue weighted by Crippen LogP contribution is 2.59. The average molecular weight is 546 g/mol. The molecule has 0 radical (unpaired) electrons. The molecular formula is C31H29F2N3O4. The van der Waals surface area contributed by atoms with E-state index in [2.05, 4.69) is 10.4 Å². The monoisotopic (exact) mass is 545 g/mol. The first-order chi connectivity index (χ1) is 19.3. The number of benzene rings is 3. The molecule has 0 atom stereocenters. The van der Waals surface area contributed by atoms with Gasteiger partial charge in [-0.15, -0.1) is 0 Å². The van der Waals surface area contributed by atoms with Crippen LogP contribution in [0.5, 0.6) is 5.75 Å². The van der Waals surface area contributed by atoms with E-state index < -0.39 is 12.6 Å². The first kappa shape index (κ1) is 26.0. The molecule has 7 nitrogen and oxygen atoms in total. The minimum Gasteiger partial charge on any atom is -0.481 e. The van der Waals surface area contributed by atoms with Crippen molar-refractivity contribution in [2.75, 3.05) is 0 Å². The molecule has 0 aliphatic heterocycles. The third-order valence-corrected chi connectivity index (χ3v) is 8.22. The fraction of sp³-hybridized carbons (Fsp3) is 0.323. The van der Waals surface area contributed by atoms with Crippen LogP contribution in [0.15, 0.2) is 72.9 Å². The zero-order valence-electron chi connectivity index (χ0n) is 21.7. The molecule has 2 fully saturated rings. The highest BCUT2D eigenvalue weighted by Gasteiger charge is 2.53. The molecule has 2 aliphatic rings. The highest BCUT2D eigenvalue weighted by atomic mass is 19.3. The minimum absolute atomic E-state index is 0.00720. The zero-order valence-corrected chi connectivity index (χ0v) is 21.7. The molecule has 6 rings (SSSR count). The number of nitrogens with one attached hydrogen (secondary N) is 1. The van der Waals surface area contributed by atoms with Crippen molar-refractivity contribution < 1.29 is 28.2 Å². The number of hydrogen-bond acceptors (Lipinski definition) is 4. The smallest absolute Gasteiger partial charge is 0.387 e. The topological polar surface area (TPSA) is 93.5 Å². The van der Waals surface area contributed by atoms with E-state index in [0.717, 1.165) is 42.4 Å². The molecule has 206 valence electrons. The Hall–Kier alpha value is -4.27. The Labute approximate surface area is 229 Å². The minimum atomic E-state index is -3.00. The van der Waals surface area contributed by atoms with Crippen LogP contribution in [0.3, 0.4) is 0 Å². The van der Waals surface area contributed by atoms with Gasteiger partial charge in [0.2, 0.25) is 0 Å². The predicted molar refractivity (Wildman–Crippen MR) is 145 cm³/mol. The first-order valence-corrected chi connectivity index (χ1v) is 13.4. The van der Waals surface area contributed by atoms with Gasteiger partial charge >= 0.3 is 12.6 Å². The predicted octanol–water partition coefficient (Wildman–Crippen LogP) is 6.12. The molecule has 1 spiro atoms. The van der Waals surface area contributed by atoms with Crippen molar-refractivity contribution in [3.8, 4) is 16.9 Å². The largest absolute Gasteiger partial charge is 0.481 e. The van der Waals surface area contributed by atoms with E-state index in [9.17, 15) is 18.4 Å². The summed E-state index contributed by atoms with van der Waals surface area (Å²) in [6.07, 6.45) is 5.05. The summed E-state index contributed by atoms with van der Waals surface area (Å²) in [5.41, 5.74) is 4.02. The van der Waals surface area contributed by atoms with Crippen LogP contribution in [0.4, 0.5) is 8.78 Å². The van der Waals surface area contributed by atoms with Gasteiger partial charge in [-0.2, -0.15) is 13.9 Å². The number of amides is 1. The zero-order chi connectivity index (χ0) is 27.9. The maximum Gasteiger partial charge on any atom is 0.387 e. The van der Waals surface area contributed by atoms with Crippen LogP contribution >= 0.6 is 0 Å². The number of alkyl halides is 2. The van der Waals surface area contributed by atoms with Crippen LogP contribution in [-0.4, -0.2) is 39.4 Å². The molecular weight excluding hydrogens is 516 g/mol. The summed E-state index contributed by atoms with van der Waals surface area (Å²) in [5, 5.41) is 16.9. The van der Waals surface area contributed by atoms with Crippen molar-refractivity contribution in [1.29, 1.82) is 0 Å². The number of carbonyl (C=O) groups is 2. The molecule has 4 aromatic rings. The number of aliphatic carboxylic acids is 1. The standard InChI is InChI=1S/C31H29F2N3O4/c32-30(33)40-26-11-10-24(29(39)35-23-15-31(16-23)13-20(14-31)12-27(37)38)28-25(26)17-34-36(28)18-19-6-8-22(9-7-19)21-4-2-1-3-5-21/h1-11,17,20,23,30H,12-16,18H2,(H,35,39)(H,37,38). The molecule has 2 saturated carbocycles. The fourth-order valence-electron chi connectivity index (χ4n) is 6.53. The SMILES string of the molecule is O=C(O)CC1CC2(C1)CC(NC(=O)c1ccc(OC(F)F)c3cnn(Cc4ccc(-c5ccccc5)cc4)c13)C2. The Morgan fingerprint density at radius 3 is 2.38 bits per heavy atom. The average Bonchev–Trinajstić information content (AvgIpc) is 3.31. The van der Waals surface area contributed by atoms with Crippen molar-refractivity contribution in [2.24, 2.45) is 11.3 Å². The van der Waals surface area contributed by atoms with Crippen LogP contribution in [0.2, 0.25) is 0 Å². The maximum atomic E-state index is 13.4. The molecule has 0 bridgehead atoms. The number of carbonyl (C=O) groups excluding carboxylic acids is 1. The summed E-state index contributed by atoms with van der Waals surface area (Å²) >= 11 is 0. The van der Waals surface area contributed by atoms with E-state index >= 15 is 0 Å². The van der Waals surface area contributed by atoms with E-state index in [1.807, 2.05) is 54.6 Å². The molecule has 1 heterocycles.